The van der Waals surface area contributed by atoms with Crippen LogP contribution in [0.2, 0.25) is 0 Å². The summed E-state index contributed by atoms with van der Waals surface area (Å²) < 4.78 is 6.09. The van der Waals surface area contributed by atoms with Gasteiger partial charge in [0.25, 0.3) is 5.91 Å². The van der Waals surface area contributed by atoms with Gasteiger partial charge in [-0.15, -0.1) is 11.3 Å². The lowest BCUT2D eigenvalue weighted by Gasteiger charge is -2.36. The molecule has 2 aliphatic rings. The molecule has 2 aromatic rings. The summed E-state index contributed by atoms with van der Waals surface area (Å²) in [6.07, 6.45) is -1.04. The van der Waals surface area contributed by atoms with Crippen molar-refractivity contribution in [2.24, 2.45) is 0 Å². The Labute approximate surface area is 160 Å². The number of rotatable bonds is 2. The number of nitrogens with zero attached hydrogens (tertiary/aromatic N) is 2. The number of carbonyl (C=O) groups is 3. The zero-order chi connectivity index (χ0) is 19.1. The zero-order valence-electron chi connectivity index (χ0n) is 15.2. The fourth-order valence-corrected chi connectivity index (χ4v) is 4.80. The first-order chi connectivity index (χ1) is 13.0. The van der Waals surface area contributed by atoms with Crippen LogP contribution in [-0.4, -0.2) is 66.0 Å². The van der Waals surface area contributed by atoms with Gasteiger partial charge in [0.15, 0.2) is 0 Å². The number of thiophene rings is 1. The Hall–Kier alpha value is -2.61. The monoisotopic (exact) mass is 387 g/mol. The second-order valence-electron chi connectivity index (χ2n) is 6.90. The molecule has 3 amide bonds. The zero-order valence-corrected chi connectivity index (χ0v) is 16.0. The van der Waals surface area contributed by atoms with Gasteiger partial charge in [-0.1, -0.05) is 18.2 Å². The first-order valence-electron chi connectivity index (χ1n) is 8.99. The van der Waals surface area contributed by atoms with E-state index < -0.39 is 18.2 Å². The Kier molecular flexibility index (Phi) is 4.51. The minimum atomic E-state index is -0.649. The van der Waals surface area contributed by atoms with Crippen molar-refractivity contribution in [3.05, 3.63) is 34.7 Å². The van der Waals surface area contributed by atoms with Gasteiger partial charge in [-0.2, -0.15) is 0 Å². The molecule has 2 unspecified atom stereocenters. The largest absolute Gasteiger partial charge is 0.444 e. The van der Waals surface area contributed by atoms with Crippen molar-refractivity contribution in [2.45, 2.75) is 26.0 Å². The minimum Gasteiger partial charge on any atom is -0.444 e. The highest BCUT2D eigenvalue weighted by Gasteiger charge is 2.39. The number of benzene rings is 1. The Bertz CT molecular complexity index is 917. The van der Waals surface area contributed by atoms with Crippen LogP contribution in [0, 0.1) is 6.92 Å². The van der Waals surface area contributed by atoms with Crippen molar-refractivity contribution in [1.82, 2.24) is 15.1 Å². The van der Waals surface area contributed by atoms with E-state index in [0.29, 0.717) is 26.2 Å². The van der Waals surface area contributed by atoms with Crippen LogP contribution in [0.4, 0.5) is 4.79 Å². The summed E-state index contributed by atoms with van der Waals surface area (Å²) in [4.78, 5) is 41.1. The standard InChI is InChI=1S/C19H21N3O4S/c1-11-13-5-3-4-6-14(13)27-16(11)18(24)22-9-7-21(8-10-22)17(23)15-12(2)26-19(25)20-15/h3-6,12,15H,7-10H2,1-2H3,(H,20,25). The smallest absolute Gasteiger partial charge is 0.408 e. The molecule has 2 saturated heterocycles. The predicted octanol–water partition coefficient (Wildman–Crippen LogP) is 1.99. The molecule has 0 bridgehead atoms. The molecule has 0 aliphatic carbocycles. The van der Waals surface area contributed by atoms with Gasteiger partial charge in [0, 0.05) is 30.9 Å². The SMILES string of the molecule is Cc1c(C(=O)N2CCN(C(=O)C3NC(=O)OC3C)CC2)sc2ccccc12. The molecule has 8 heteroatoms. The third-order valence-electron chi connectivity index (χ3n) is 5.22. The van der Waals surface area contributed by atoms with E-state index in [2.05, 4.69) is 5.32 Å². The molecule has 2 atom stereocenters. The van der Waals surface area contributed by atoms with E-state index in [0.717, 1.165) is 20.5 Å². The number of ether oxygens (including phenoxy) is 1. The van der Waals surface area contributed by atoms with Crippen LogP contribution in [0.1, 0.15) is 22.2 Å². The van der Waals surface area contributed by atoms with Gasteiger partial charge in [0.05, 0.1) is 4.88 Å². The number of amides is 3. The van der Waals surface area contributed by atoms with Crippen LogP contribution >= 0.6 is 11.3 Å². The topological polar surface area (TPSA) is 79.0 Å². The number of carbonyl (C=O) groups excluding carboxylic acids is 3. The van der Waals surface area contributed by atoms with Gasteiger partial charge in [0.1, 0.15) is 12.1 Å². The highest BCUT2D eigenvalue weighted by molar-refractivity contribution is 7.21. The maximum absolute atomic E-state index is 13.0. The Morgan fingerprint density at radius 2 is 1.81 bits per heavy atom. The third-order valence-corrected chi connectivity index (χ3v) is 6.48. The first kappa shape index (κ1) is 17.8. The molecule has 1 aromatic carbocycles. The van der Waals surface area contributed by atoms with Crippen LogP contribution in [0.25, 0.3) is 10.1 Å². The van der Waals surface area contributed by atoms with Gasteiger partial charge in [-0.05, 0) is 30.9 Å². The normalized spacial score (nSPS) is 22.7. The van der Waals surface area contributed by atoms with E-state index in [1.54, 1.807) is 16.7 Å². The lowest BCUT2D eigenvalue weighted by atomic mass is 10.1. The second-order valence-corrected chi connectivity index (χ2v) is 7.95. The summed E-state index contributed by atoms with van der Waals surface area (Å²) in [5, 5.41) is 3.67. The Morgan fingerprint density at radius 1 is 1.15 bits per heavy atom. The van der Waals surface area contributed by atoms with Gasteiger partial charge in [-0.3, -0.25) is 9.59 Å². The molecule has 1 aromatic heterocycles. The molecule has 3 heterocycles. The van der Waals surface area contributed by atoms with Crippen molar-refractivity contribution in [1.29, 1.82) is 0 Å². The van der Waals surface area contributed by atoms with Gasteiger partial charge in [-0.25, -0.2) is 4.79 Å². The van der Waals surface area contributed by atoms with E-state index in [4.69, 9.17) is 4.74 Å². The van der Waals surface area contributed by atoms with Crippen LogP contribution in [0.15, 0.2) is 24.3 Å². The molecule has 4 rings (SSSR count). The summed E-state index contributed by atoms with van der Waals surface area (Å²) in [7, 11) is 0. The van der Waals surface area contributed by atoms with Crippen molar-refractivity contribution < 1.29 is 19.1 Å². The number of piperazine rings is 1. The highest BCUT2D eigenvalue weighted by atomic mass is 32.1. The molecule has 142 valence electrons. The van der Waals surface area contributed by atoms with Crippen molar-refractivity contribution in [2.75, 3.05) is 26.2 Å². The molecule has 27 heavy (non-hydrogen) atoms. The molecular weight excluding hydrogens is 366 g/mol. The molecular formula is C19H21N3O4S. The first-order valence-corrected chi connectivity index (χ1v) is 9.80. The molecule has 2 aliphatic heterocycles. The van der Waals surface area contributed by atoms with Crippen molar-refractivity contribution >= 4 is 39.3 Å². The summed E-state index contributed by atoms with van der Waals surface area (Å²) in [5.41, 5.74) is 1.01. The summed E-state index contributed by atoms with van der Waals surface area (Å²) in [5.74, 6) is -0.134. The van der Waals surface area contributed by atoms with Gasteiger partial charge in [0.2, 0.25) is 5.91 Å². The van der Waals surface area contributed by atoms with E-state index >= 15 is 0 Å². The second kappa shape index (κ2) is 6.84. The number of hydrogen-bond donors (Lipinski definition) is 1. The molecule has 1 N–H and O–H groups in total. The quantitative estimate of drug-likeness (QED) is 0.855. The maximum atomic E-state index is 13.0. The third kappa shape index (κ3) is 3.14. The summed E-state index contributed by atoms with van der Waals surface area (Å²) in [6, 6.07) is 7.37. The lowest BCUT2D eigenvalue weighted by molar-refractivity contribution is -0.135. The van der Waals surface area contributed by atoms with Crippen LogP contribution < -0.4 is 5.32 Å². The average molecular weight is 387 g/mol. The predicted molar refractivity (Wildman–Crippen MR) is 102 cm³/mol. The molecule has 0 radical (unpaired) electrons. The summed E-state index contributed by atoms with van der Waals surface area (Å²) in [6.45, 7) is 5.55. The minimum absolute atomic E-state index is 0.0201. The molecule has 7 nitrogen and oxygen atoms in total. The van der Waals surface area contributed by atoms with Crippen LogP contribution in [0.5, 0.6) is 0 Å². The van der Waals surface area contributed by atoms with Crippen LogP contribution in [0.3, 0.4) is 0 Å². The number of nitrogens with one attached hydrogen (secondary N) is 1. The molecule has 0 saturated carbocycles. The average Bonchev–Trinajstić information content (AvgIpc) is 3.20. The van der Waals surface area contributed by atoms with E-state index in [9.17, 15) is 14.4 Å². The van der Waals surface area contributed by atoms with Crippen molar-refractivity contribution in [3.8, 4) is 0 Å². The summed E-state index contributed by atoms with van der Waals surface area (Å²) >= 11 is 1.52. The maximum Gasteiger partial charge on any atom is 0.408 e. The van der Waals surface area contributed by atoms with Gasteiger partial charge >= 0.3 is 6.09 Å². The fraction of sp³-hybridized carbons (Fsp3) is 0.421. The Morgan fingerprint density at radius 3 is 2.44 bits per heavy atom. The number of cyclic esters (lactones) is 1. The van der Waals surface area contributed by atoms with Crippen LogP contribution in [-0.2, 0) is 9.53 Å². The number of aryl methyl sites for hydroxylation is 1. The number of alkyl carbamates (subject to hydrolysis) is 1. The van der Waals surface area contributed by atoms with E-state index in [-0.39, 0.29) is 11.8 Å². The number of hydrogen-bond acceptors (Lipinski definition) is 5. The highest BCUT2D eigenvalue weighted by Crippen LogP contribution is 2.31. The van der Waals surface area contributed by atoms with E-state index in [1.807, 2.05) is 31.2 Å². The number of fused-ring (bicyclic) bond motifs is 1. The molecule has 0 spiro atoms. The fourth-order valence-electron chi connectivity index (χ4n) is 3.63. The molecule has 2 fully saturated rings. The van der Waals surface area contributed by atoms with Crippen molar-refractivity contribution in [3.63, 3.8) is 0 Å². The Balaban J connectivity index is 1.43. The lowest BCUT2D eigenvalue weighted by Crippen LogP contribution is -2.55. The van der Waals surface area contributed by atoms with E-state index in [1.165, 1.54) is 11.3 Å². The van der Waals surface area contributed by atoms with Gasteiger partial charge < -0.3 is 19.9 Å².